The summed E-state index contributed by atoms with van der Waals surface area (Å²) in [5.41, 5.74) is 1.81. The van der Waals surface area contributed by atoms with Gasteiger partial charge < -0.3 is 14.7 Å². The van der Waals surface area contributed by atoms with Gasteiger partial charge in [0.05, 0.1) is 23.4 Å². The highest BCUT2D eigenvalue weighted by molar-refractivity contribution is 6.33. The zero-order chi connectivity index (χ0) is 13.7. The van der Waals surface area contributed by atoms with Crippen LogP contribution in [0.4, 0.5) is 5.69 Å². The van der Waals surface area contributed by atoms with E-state index in [1.165, 1.54) is 0 Å². The van der Waals surface area contributed by atoms with Crippen molar-refractivity contribution in [3.05, 3.63) is 28.8 Å². The number of aliphatic hydroxyl groups excluding tert-OH is 1. The Hall–Kier alpha value is -0.770. The fourth-order valence-corrected chi connectivity index (χ4v) is 2.36. The van der Waals surface area contributed by atoms with Crippen LogP contribution >= 0.6 is 11.6 Å². The van der Waals surface area contributed by atoms with Crippen LogP contribution in [0.5, 0.6) is 0 Å². The molecule has 2 unspecified atom stereocenters. The van der Waals surface area contributed by atoms with Crippen molar-refractivity contribution in [2.45, 2.75) is 32.9 Å². The van der Waals surface area contributed by atoms with E-state index >= 15 is 0 Å². The van der Waals surface area contributed by atoms with Gasteiger partial charge in [-0.25, -0.2) is 0 Å². The van der Waals surface area contributed by atoms with E-state index in [1.807, 2.05) is 18.2 Å². The Morgan fingerprint density at radius 3 is 2.50 bits per heavy atom. The minimum Gasteiger partial charge on any atom is -0.389 e. The Kier molecular flexibility index (Phi) is 5.93. The van der Waals surface area contributed by atoms with Crippen LogP contribution in [0.15, 0.2) is 18.2 Å². The summed E-state index contributed by atoms with van der Waals surface area (Å²) in [6.45, 7) is 7.44. The highest BCUT2D eigenvalue weighted by Gasteiger charge is 2.16. The molecule has 0 bridgehead atoms. The van der Waals surface area contributed by atoms with Gasteiger partial charge in [-0.1, -0.05) is 17.7 Å². The Balaban J connectivity index is 2.99. The molecule has 102 valence electrons. The number of methoxy groups -OCH3 is 1. The summed E-state index contributed by atoms with van der Waals surface area (Å²) in [4.78, 5) is 2.19. The maximum absolute atomic E-state index is 9.54. The second-order valence-corrected chi connectivity index (χ2v) is 4.88. The van der Waals surface area contributed by atoms with E-state index in [0.717, 1.165) is 17.8 Å². The molecular weight excluding hydrogens is 250 g/mol. The van der Waals surface area contributed by atoms with Crippen LogP contribution in [-0.2, 0) is 4.74 Å². The third-order valence-electron chi connectivity index (χ3n) is 3.04. The van der Waals surface area contributed by atoms with Crippen molar-refractivity contribution in [2.75, 3.05) is 25.2 Å². The Morgan fingerprint density at radius 2 is 2.06 bits per heavy atom. The summed E-state index contributed by atoms with van der Waals surface area (Å²) < 4.78 is 5.18. The van der Waals surface area contributed by atoms with E-state index < -0.39 is 6.10 Å². The number of likely N-dealkylation sites (N-methyl/N-ethyl adjacent to an activating group) is 1. The lowest BCUT2D eigenvalue weighted by Gasteiger charge is -2.30. The minimum atomic E-state index is -0.497. The Labute approximate surface area is 114 Å². The smallest absolute Gasteiger partial charge is 0.0762 e. The highest BCUT2D eigenvalue weighted by atomic mass is 35.5. The molecule has 0 saturated carbocycles. The molecular formula is C14H22ClNO2. The molecule has 0 saturated heterocycles. The van der Waals surface area contributed by atoms with Crippen molar-refractivity contribution < 1.29 is 9.84 Å². The standard InChI is InChI=1S/C14H22ClNO2/c1-5-16(10(2)9-18-4)14-7-6-12(11(3)17)8-13(14)15/h6-8,10-11,17H,5,9H2,1-4H3. The zero-order valence-electron chi connectivity index (χ0n) is 11.5. The lowest BCUT2D eigenvalue weighted by Crippen LogP contribution is -2.36. The van der Waals surface area contributed by atoms with Crippen LogP contribution in [-0.4, -0.2) is 31.4 Å². The first-order valence-corrected chi connectivity index (χ1v) is 6.62. The molecule has 0 heterocycles. The Bertz CT molecular complexity index is 382. The third kappa shape index (κ3) is 3.61. The number of hydrogen-bond acceptors (Lipinski definition) is 3. The molecule has 0 radical (unpaired) electrons. The molecule has 0 aliphatic heterocycles. The van der Waals surface area contributed by atoms with E-state index in [-0.39, 0.29) is 6.04 Å². The second-order valence-electron chi connectivity index (χ2n) is 4.48. The van der Waals surface area contributed by atoms with E-state index in [4.69, 9.17) is 16.3 Å². The lowest BCUT2D eigenvalue weighted by molar-refractivity contribution is 0.182. The maximum Gasteiger partial charge on any atom is 0.0762 e. The molecule has 1 rings (SSSR count). The van der Waals surface area contributed by atoms with Gasteiger partial charge in [0, 0.05) is 19.7 Å². The van der Waals surface area contributed by atoms with Crippen LogP contribution in [0.25, 0.3) is 0 Å². The van der Waals surface area contributed by atoms with Crippen molar-refractivity contribution in [1.82, 2.24) is 0 Å². The molecule has 0 aromatic heterocycles. The molecule has 4 heteroatoms. The molecule has 0 amide bonds. The summed E-state index contributed by atoms with van der Waals surface area (Å²) in [7, 11) is 1.70. The molecule has 0 spiro atoms. The SMILES string of the molecule is CCN(c1ccc(C(C)O)cc1Cl)C(C)COC. The topological polar surface area (TPSA) is 32.7 Å². The molecule has 2 atom stereocenters. The van der Waals surface area contributed by atoms with Crippen molar-refractivity contribution in [1.29, 1.82) is 0 Å². The Morgan fingerprint density at radius 1 is 1.39 bits per heavy atom. The molecule has 0 aliphatic rings. The fourth-order valence-electron chi connectivity index (χ4n) is 2.07. The van der Waals surface area contributed by atoms with Crippen molar-refractivity contribution in [3.8, 4) is 0 Å². The summed E-state index contributed by atoms with van der Waals surface area (Å²) in [6, 6.07) is 5.95. The predicted molar refractivity (Wildman–Crippen MR) is 76.4 cm³/mol. The first-order chi connectivity index (χ1) is 8.51. The minimum absolute atomic E-state index is 0.259. The first kappa shape index (κ1) is 15.3. The van der Waals surface area contributed by atoms with Crippen molar-refractivity contribution >= 4 is 17.3 Å². The van der Waals surface area contributed by atoms with Crippen molar-refractivity contribution in [3.63, 3.8) is 0 Å². The summed E-state index contributed by atoms with van der Waals surface area (Å²) >= 11 is 6.30. The van der Waals surface area contributed by atoms with Crippen LogP contribution in [0.1, 0.15) is 32.4 Å². The summed E-state index contributed by atoms with van der Waals surface area (Å²) in [5.74, 6) is 0. The van der Waals surface area contributed by atoms with Gasteiger partial charge in [-0.2, -0.15) is 0 Å². The molecule has 1 aromatic rings. The van der Waals surface area contributed by atoms with Gasteiger partial charge in [-0.15, -0.1) is 0 Å². The predicted octanol–water partition coefficient (Wildman–Crippen LogP) is 3.25. The van der Waals surface area contributed by atoms with Gasteiger partial charge >= 0.3 is 0 Å². The summed E-state index contributed by atoms with van der Waals surface area (Å²) in [6.07, 6.45) is -0.497. The molecule has 1 aromatic carbocycles. The lowest BCUT2D eigenvalue weighted by atomic mass is 10.1. The molecule has 3 nitrogen and oxygen atoms in total. The van der Waals surface area contributed by atoms with Gasteiger partial charge in [0.15, 0.2) is 0 Å². The molecule has 18 heavy (non-hydrogen) atoms. The normalized spacial score (nSPS) is 14.3. The number of ether oxygens (including phenoxy) is 1. The third-order valence-corrected chi connectivity index (χ3v) is 3.35. The molecule has 1 N–H and O–H groups in total. The average Bonchev–Trinajstić information content (AvgIpc) is 2.32. The van der Waals surface area contributed by atoms with Gasteiger partial charge in [0.1, 0.15) is 0 Å². The number of rotatable bonds is 6. The molecule has 0 aliphatic carbocycles. The van der Waals surface area contributed by atoms with Crippen LogP contribution < -0.4 is 4.90 Å². The maximum atomic E-state index is 9.54. The van der Waals surface area contributed by atoms with E-state index in [9.17, 15) is 5.11 Å². The van der Waals surface area contributed by atoms with Gasteiger partial charge in [0.25, 0.3) is 0 Å². The largest absolute Gasteiger partial charge is 0.389 e. The van der Waals surface area contributed by atoms with Crippen molar-refractivity contribution in [2.24, 2.45) is 0 Å². The number of anilines is 1. The van der Waals surface area contributed by atoms with E-state index in [1.54, 1.807) is 14.0 Å². The van der Waals surface area contributed by atoms with Crippen LogP contribution in [0.2, 0.25) is 5.02 Å². The zero-order valence-corrected chi connectivity index (χ0v) is 12.2. The number of benzene rings is 1. The van der Waals surface area contributed by atoms with Gasteiger partial charge in [0.2, 0.25) is 0 Å². The fraction of sp³-hybridized carbons (Fsp3) is 0.571. The number of halogens is 1. The monoisotopic (exact) mass is 271 g/mol. The second kappa shape index (κ2) is 6.98. The number of aliphatic hydroxyl groups is 1. The summed E-state index contributed by atoms with van der Waals surface area (Å²) in [5, 5.41) is 10.2. The average molecular weight is 272 g/mol. The highest BCUT2D eigenvalue weighted by Crippen LogP contribution is 2.30. The number of nitrogens with zero attached hydrogens (tertiary/aromatic N) is 1. The quantitative estimate of drug-likeness (QED) is 0.862. The first-order valence-electron chi connectivity index (χ1n) is 6.24. The van der Waals surface area contributed by atoms with E-state index in [0.29, 0.717) is 11.6 Å². The van der Waals surface area contributed by atoms with Gasteiger partial charge in [-0.3, -0.25) is 0 Å². The van der Waals surface area contributed by atoms with Crippen LogP contribution in [0.3, 0.4) is 0 Å². The number of hydrogen-bond donors (Lipinski definition) is 1. The van der Waals surface area contributed by atoms with Gasteiger partial charge in [-0.05, 0) is 38.5 Å². The van der Waals surface area contributed by atoms with Crippen LogP contribution in [0, 0.1) is 0 Å². The molecule has 0 fully saturated rings. The van der Waals surface area contributed by atoms with E-state index in [2.05, 4.69) is 18.7 Å².